The molecule has 0 aliphatic rings. The number of fused-ring (bicyclic) bond motifs is 1. The minimum absolute atomic E-state index is 0. The molecule has 0 saturated carbocycles. The molecule has 3 nitrogen and oxygen atoms in total. The fourth-order valence-corrected chi connectivity index (χ4v) is 2.50. The molecule has 0 aliphatic heterocycles. The third kappa shape index (κ3) is 3.26. The number of methoxy groups -OCH3 is 1. The highest BCUT2D eigenvalue weighted by Gasteiger charge is 2.14. The van der Waals surface area contributed by atoms with E-state index < -0.39 is 0 Å². The second kappa shape index (κ2) is 6.74. The number of nitrogens with zero attached hydrogens (tertiary/aromatic N) is 2. The number of ether oxygens (including phenoxy) is 1. The zero-order valence-corrected chi connectivity index (χ0v) is 13.0. The molecule has 21 heavy (non-hydrogen) atoms. The van der Waals surface area contributed by atoms with Gasteiger partial charge >= 0.3 is 0 Å². The number of aryl methyl sites for hydroxylation is 1. The molecule has 0 amide bonds. The van der Waals surface area contributed by atoms with Crippen molar-refractivity contribution in [3.05, 3.63) is 66.0 Å². The number of hydrogen-bond donors (Lipinski definition) is 0. The molecular weight excluding hydrogens is 284 g/mol. The van der Waals surface area contributed by atoms with Crippen molar-refractivity contribution < 1.29 is 21.7 Å². The Balaban J connectivity index is 0.00000161. The Kier molecular flexibility index (Phi) is 4.99. The number of benzene rings is 2. The van der Waals surface area contributed by atoms with Crippen molar-refractivity contribution >= 4 is 11.0 Å². The van der Waals surface area contributed by atoms with E-state index in [-0.39, 0.29) is 12.4 Å². The van der Waals surface area contributed by atoms with Crippen LogP contribution in [0.4, 0.5) is 0 Å². The van der Waals surface area contributed by atoms with E-state index in [0.29, 0.717) is 6.73 Å². The van der Waals surface area contributed by atoms with Gasteiger partial charge in [-0.25, -0.2) is 9.13 Å². The molecule has 1 heterocycles. The third-order valence-corrected chi connectivity index (χ3v) is 3.52. The molecule has 0 unspecified atom stereocenters. The molecule has 0 atom stereocenters. The molecule has 0 saturated heterocycles. The van der Waals surface area contributed by atoms with E-state index in [0.717, 1.165) is 6.54 Å². The summed E-state index contributed by atoms with van der Waals surface area (Å²) >= 11 is 0. The summed E-state index contributed by atoms with van der Waals surface area (Å²) in [5.74, 6) is 0. The van der Waals surface area contributed by atoms with Gasteiger partial charge in [-0.15, -0.1) is 0 Å². The Morgan fingerprint density at radius 2 is 1.76 bits per heavy atom. The van der Waals surface area contributed by atoms with Crippen molar-refractivity contribution in [3.63, 3.8) is 0 Å². The molecular formula is C17H19ClN2O. The van der Waals surface area contributed by atoms with Crippen LogP contribution in [0, 0.1) is 6.92 Å². The van der Waals surface area contributed by atoms with Gasteiger partial charge in [0.25, 0.3) is 0 Å². The van der Waals surface area contributed by atoms with Crippen LogP contribution in [0.25, 0.3) is 11.0 Å². The van der Waals surface area contributed by atoms with Gasteiger partial charge in [0.1, 0.15) is 6.54 Å². The van der Waals surface area contributed by atoms with E-state index in [2.05, 4.69) is 70.9 Å². The second-order valence-electron chi connectivity index (χ2n) is 5.11. The molecule has 0 N–H and O–H groups in total. The highest BCUT2D eigenvalue weighted by Crippen LogP contribution is 2.12. The standard InChI is InChI=1S/C17H19N2O.ClH/c1-14-7-9-15(10-8-14)11-18-12-19(13-20-2)17-6-4-3-5-16(17)18;/h3-10,12H,11,13H2,1-2H3;1H/q+1;/p-1. The van der Waals surface area contributed by atoms with E-state index in [1.165, 1.54) is 22.2 Å². The Bertz CT molecular complexity index is 719. The van der Waals surface area contributed by atoms with E-state index in [9.17, 15) is 0 Å². The minimum Gasteiger partial charge on any atom is -1.00 e. The summed E-state index contributed by atoms with van der Waals surface area (Å²) in [7, 11) is 1.72. The van der Waals surface area contributed by atoms with Gasteiger partial charge in [0, 0.05) is 7.11 Å². The van der Waals surface area contributed by atoms with Gasteiger partial charge in [-0.2, -0.15) is 0 Å². The van der Waals surface area contributed by atoms with Crippen LogP contribution >= 0.6 is 0 Å². The average Bonchev–Trinajstić information content (AvgIpc) is 2.81. The van der Waals surface area contributed by atoms with Gasteiger partial charge in [-0.3, -0.25) is 0 Å². The number of para-hydroxylation sites is 2. The molecule has 1 aromatic heterocycles. The average molecular weight is 303 g/mol. The van der Waals surface area contributed by atoms with Crippen molar-refractivity contribution in [1.29, 1.82) is 0 Å². The quantitative estimate of drug-likeness (QED) is 0.615. The normalized spacial score (nSPS) is 10.6. The second-order valence-corrected chi connectivity index (χ2v) is 5.11. The van der Waals surface area contributed by atoms with Crippen LogP contribution < -0.4 is 17.0 Å². The van der Waals surface area contributed by atoms with Crippen molar-refractivity contribution in [2.24, 2.45) is 0 Å². The largest absolute Gasteiger partial charge is 1.00 e. The van der Waals surface area contributed by atoms with Crippen molar-refractivity contribution in [2.75, 3.05) is 7.11 Å². The van der Waals surface area contributed by atoms with E-state index in [1.807, 2.05) is 0 Å². The Morgan fingerprint density at radius 1 is 1.05 bits per heavy atom. The fraction of sp³-hybridized carbons (Fsp3) is 0.235. The Labute approximate surface area is 131 Å². The minimum atomic E-state index is 0. The van der Waals surface area contributed by atoms with E-state index in [1.54, 1.807) is 7.11 Å². The molecule has 0 aliphatic carbocycles. The molecule has 0 fully saturated rings. The first kappa shape index (κ1) is 15.5. The summed E-state index contributed by atoms with van der Waals surface area (Å²) < 4.78 is 9.66. The highest BCUT2D eigenvalue weighted by atomic mass is 35.5. The van der Waals surface area contributed by atoms with Gasteiger partial charge in [0.15, 0.2) is 17.8 Å². The van der Waals surface area contributed by atoms with Crippen molar-refractivity contribution in [1.82, 2.24) is 4.57 Å². The summed E-state index contributed by atoms with van der Waals surface area (Å²) in [4.78, 5) is 0. The van der Waals surface area contributed by atoms with Crippen LogP contribution in [0.3, 0.4) is 0 Å². The lowest BCUT2D eigenvalue weighted by molar-refractivity contribution is -0.663. The summed E-state index contributed by atoms with van der Waals surface area (Å²) in [5, 5.41) is 0. The maximum absolute atomic E-state index is 5.26. The maximum Gasteiger partial charge on any atom is 0.246 e. The molecule has 3 rings (SSSR count). The van der Waals surface area contributed by atoms with Gasteiger partial charge in [-0.05, 0) is 24.6 Å². The van der Waals surface area contributed by atoms with E-state index >= 15 is 0 Å². The van der Waals surface area contributed by atoms with Crippen LogP contribution in [0.2, 0.25) is 0 Å². The zero-order chi connectivity index (χ0) is 13.9. The summed E-state index contributed by atoms with van der Waals surface area (Å²) in [6.07, 6.45) is 2.12. The van der Waals surface area contributed by atoms with Crippen LogP contribution in [-0.4, -0.2) is 11.7 Å². The maximum atomic E-state index is 5.26. The van der Waals surface area contributed by atoms with Gasteiger partial charge in [0.05, 0.1) is 0 Å². The van der Waals surface area contributed by atoms with Crippen LogP contribution in [0.1, 0.15) is 11.1 Å². The predicted octanol–water partition coefficient (Wildman–Crippen LogP) is -0.107. The first-order valence-electron chi connectivity index (χ1n) is 6.80. The van der Waals surface area contributed by atoms with Gasteiger partial charge in [0.2, 0.25) is 6.33 Å². The number of imidazole rings is 1. The molecule has 0 spiro atoms. The smallest absolute Gasteiger partial charge is 0.246 e. The highest BCUT2D eigenvalue weighted by molar-refractivity contribution is 5.71. The zero-order valence-electron chi connectivity index (χ0n) is 12.3. The molecule has 0 radical (unpaired) electrons. The number of rotatable bonds is 4. The lowest BCUT2D eigenvalue weighted by Gasteiger charge is -1.99. The topological polar surface area (TPSA) is 18.0 Å². The predicted molar refractivity (Wildman–Crippen MR) is 79.4 cm³/mol. The monoisotopic (exact) mass is 302 g/mol. The summed E-state index contributed by atoms with van der Waals surface area (Å²) in [5.41, 5.74) is 5.02. The first-order valence-corrected chi connectivity index (χ1v) is 6.80. The fourth-order valence-electron chi connectivity index (χ4n) is 2.50. The van der Waals surface area contributed by atoms with Crippen molar-refractivity contribution in [2.45, 2.75) is 20.2 Å². The van der Waals surface area contributed by atoms with Gasteiger partial charge in [-0.1, -0.05) is 42.0 Å². The molecule has 3 aromatic rings. The van der Waals surface area contributed by atoms with Crippen LogP contribution in [0.15, 0.2) is 54.9 Å². The number of halogens is 1. The SMILES string of the molecule is COCn1c[n+](Cc2ccc(C)cc2)c2ccccc21.[Cl-]. The van der Waals surface area contributed by atoms with Crippen molar-refractivity contribution in [3.8, 4) is 0 Å². The molecule has 110 valence electrons. The molecule has 0 bridgehead atoms. The van der Waals surface area contributed by atoms with Gasteiger partial charge < -0.3 is 17.1 Å². The Morgan fingerprint density at radius 3 is 2.48 bits per heavy atom. The summed E-state index contributed by atoms with van der Waals surface area (Å²) in [6.45, 7) is 3.56. The number of aromatic nitrogens is 2. The first-order chi connectivity index (χ1) is 9.78. The number of hydrogen-bond acceptors (Lipinski definition) is 1. The lowest BCUT2D eigenvalue weighted by Crippen LogP contribution is -3.00. The molecule has 4 heteroatoms. The Hall–Kier alpha value is -1.84. The third-order valence-electron chi connectivity index (χ3n) is 3.52. The summed E-state index contributed by atoms with van der Waals surface area (Å²) in [6, 6.07) is 17.1. The van der Waals surface area contributed by atoms with Crippen LogP contribution in [0.5, 0.6) is 0 Å². The molecule has 2 aromatic carbocycles. The lowest BCUT2D eigenvalue weighted by atomic mass is 10.1. The van der Waals surface area contributed by atoms with Crippen LogP contribution in [-0.2, 0) is 18.0 Å². The van der Waals surface area contributed by atoms with E-state index in [4.69, 9.17) is 4.74 Å².